The molecule has 6 rings (SSSR count). The molecular formula is C38H43ClN4O4. The SMILES string of the molecule is CC[C@@H](C)Oc1cc2c(cc1OC)CC(=O)N(c1ccc(NC(CCN3CCOCC3)c3ccncc3)cc1)C2c1ccc(Cl)cc1. The summed E-state index contributed by atoms with van der Waals surface area (Å²) in [5.74, 6) is 1.32. The van der Waals surface area contributed by atoms with Crippen molar-refractivity contribution in [3.63, 3.8) is 0 Å². The largest absolute Gasteiger partial charge is 0.493 e. The zero-order valence-corrected chi connectivity index (χ0v) is 28.1. The van der Waals surface area contributed by atoms with Crippen LogP contribution < -0.4 is 19.7 Å². The van der Waals surface area contributed by atoms with E-state index in [0.29, 0.717) is 16.5 Å². The molecule has 0 bridgehead atoms. The Hall–Kier alpha value is -4.11. The lowest BCUT2D eigenvalue weighted by atomic mass is 9.86. The van der Waals surface area contributed by atoms with Crippen LogP contribution in [0.4, 0.5) is 11.4 Å². The van der Waals surface area contributed by atoms with Crippen molar-refractivity contribution < 1.29 is 19.0 Å². The van der Waals surface area contributed by atoms with Crippen molar-refractivity contribution in [2.45, 2.75) is 51.3 Å². The molecule has 3 heterocycles. The highest BCUT2D eigenvalue weighted by Crippen LogP contribution is 2.44. The summed E-state index contributed by atoms with van der Waals surface area (Å²) in [7, 11) is 1.64. The maximum atomic E-state index is 14.0. The predicted molar refractivity (Wildman–Crippen MR) is 187 cm³/mol. The molecule has 2 aliphatic heterocycles. The Morgan fingerprint density at radius 2 is 1.72 bits per heavy atom. The van der Waals surface area contributed by atoms with Crippen LogP contribution >= 0.6 is 11.6 Å². The monoisotopic (exact) mass is 654 g/mol. The summed E-state index contributed by atoms with van der Waals surface area (Å²) in [6.45, 7) is 8.59. The van der Waals surface area contributed by atoms with Crippen LogP contribution in [0.25, 0.3) is 0 Å². The molecule has 1 fully saturated rings. The molecule has 0 aliphatic carbocycles. The number of carbonyl (C=O) groups excluding carboxylic acids is 1. The molecule has 2 aliphatic rings. The van der Waals surface area contributed by atoms with E-state index in [0.717, 1.165) is 73.8 Å². The summed E-state index contributed by atoms with van der Waals surface area (Å²) >= 11 is 6.30. The van der Waals surface area contributed by atoms with Crippen LogP contribution in [0.2, 0.25) is 5.02 Å². The first kappa shape index (κ1) is 32.8. The number of anilines is 2. The van der Waals surface area contributed by atoms with Gasteiger partial charge in [0.15, 0.2) is 11.5 Å². The third kappa shape index (κ3) is 7.73. The molecule has 0 saturated carbocycles. The van der Waals surface area contributed by atoms with E-state index in [1.54, 1.807) is 7.11 Å². The molecule has 3 aromatic carbocycles. The summed E-state index contributed by atoms with van der Waals surface area (Å²) in [6, 6.07) is 23.8. The van der Waals surface area contributed by atoms with E-state index >= 15 is 0 Å². The first-order valence-electron chi connectivity index (χ1n) is 16.4. The molecule has 0 radical (unpaired) electrons. The van der Waals surface area contributed by atoms with E-state index in [2.05, 4.69) is 46.4 Å². The van der Waals surface area contributed by atoms with Crippen LogP contribution in [0.15, 0.2) is 85.2 Å². The molecule has 1 amide bonds. The Balaban J connectivity index is 1.31. The number of methoxy groups -OCH3 is 1. The lowest BCUT2D eigenvalue weighted by Gasteiger charge is -2.38. The fourth-order valence-corrected chi connectivity index (χ4v) is 6.47. The van der Waals surface area contributed by atoms with Gasteiger partial charge in [0.1, 0.15) is 0 Å². The van der Waals surface area contributed by atoms with Gasteiger partial charge in [-0.15, -0.1) is 0 Å². The smallest absolute Gasteiger partial charge is 0.232 e. The van der Waals surface area contributed by atoms with Gasteiger partial charge in [-0.2, -0.15) is 0 Å². The van der Waals surface area contributed by atoms with Crippen molar-refractivity contribution in [3.8, 4) is 11.5 Å². The topological polar surface area (TPSA) is 76.2 Å². The number of nitrogens with zero attached hydrogens (tertiary/aromatic N) is 3. The average molecular weight is 655 g/mol. The van der Waals surface area contributed by atoms with Crippen LogP contribution in [0.5, 0.6) is 11.5 Å². The van der Waals surface area contributed by atoms with Gasteiger partial charge >= 0.3 is 0 Å². The van der Waals surface area contributed by atoms with Gasteiger partial charge in [0.25, 0.3) is 0 Å². The van der Waals surface area contributed by atoms with Crippen LogP contribution in [-0.2, 0) is 16.0 Å². The molecule has 4 aromatic rings. The molecule has 246 valence electrons. The quantitative estimate of drug-likeness (QED) is 0.170. The van der Waals surface area contributed by atoms with Crippen LogP contribution in [-0.4, -0.2) is 61.9 Å². The lowest BCUT2D eigenvalue weighted by Crippen LogP contribution is -2.41. The zero-order chi connectivity index (χ0) is 32.8. The number of hydrogen-bond acceptors (Lipinski definition) is 7. The number of morpholine rings is 1. The second-order valence-corrected chi connectivity index (χ2v) is 12.6. The Kier molecular flexibility index (Phi) is 10.6. The second kappa shape index (κ2) is 15.2. The normalized spacial score (nSPS) is 17.9. The lowest BCUT2D eigenvalue weighted by molar-refractivity contribution is -0.118. The van der Waals surface area contributed by atoms with E-state index in [9.17, 15) is 4.79 Å². The van der Waals surface area contributed by atoms with E-state index in [1.807, 2.05) is 72.7 Å². The Labute approximate surface area is 282 Å². The van der Waals surface area contributed by atoms with Crippen molar-refractivity contribution in [2.24, 2.45) is 0 Å². The maximum absolute atomic E-state index is 14.0. The Morgan fingerprint density at radius 3 is 2.40 bits per heavy atom. The molecule has 3 atom stereocenters. The number of nitrogens with one attached hydrogen (secondary N) is 1. The van der Waals surface area contributed by atoms with E-state index in [4.69, 9.17) is 25.8 Å². The summed E-state index contributed by atoms with van der Waals surface area (Å²) in [5, 5.41) is 4.39. The fourth-order valence-electron chi connectivity index (χ4n) is 6.35. The number of amides is 1. The number of hydrogen-bond donors (Lipinski definition) is 1. The summed E-state index contributed by atoms with van der Waals surface area (Å²) in [4.78, 5) is 22.6. The van der Waals surface area contributed by atoms with E-state index in [-0.39, 0.29) is 30.5 Å². The van der Waals surface area contributed by atoms with Gasteiger partial charge in [0, 0.05) is 48.4 Å². The number of pyridine rings is 1. The summed E-state index contributed by atoms with van der Waals surface area (Å²) in [5.41, 5.74) is 5.90. The summed E-state index contributed by atoms with van der Waals surface area (Å²) in [6.07, 6.45) is 5.76. The average Bonchev–Trinajstić information content (AvgIpc) is 3.11. The van der Waals surface area contributed by atoms with Gasteiger partial charge in [0.05, 0.1) is 44.9 Å². The molecule has 1 saturated heterocycles. The van der Waals surface area contributed by atoms with Gasteiger partial charge in [0.2, 0.25) is 5.91 Å². The van der Waals surface area contributed by atoms with Crippen molar-refractivity contribution in [1.82, 2.24) is 9.88 Å². The minimum atomic E-state index is -0.370. The standard InChI is InChI=1S/C38H43ClN4O4/c1-4-26(2)47-36-25-33-29(23-35(36)45-3)24-37(44)43(38(33)28-5-7-30(39)8-6-28)32-11-9-31(10-12-32)41-34(27-13-16-40-17-14-27)15-18-42-19-21-46-22-20-42/h5-14,16-17,23,25-26,34,38,41H,4,15,18-22,24H2,1-3H3/t26-,34?,38?/m1/s1. The van der Waals surface area contributed by atoms with Crippen LogP contribution in [0.1, 0.15) is 61.0 Å². The third-order valence-electron chi connectivity index (χ3n) is 9.11. The highest BCUT2D eigenvalue weighted by molar-refractivity contribution is 6.30. The third-order valence-corrected chi connectivity index (χ3v) is 9.36. The van der Waals surface area contributed by atoms with Gasteiger partial charge in [-0.25, -0.2) is 0 Å². The minimum Gasteiger partial charge on any atom is -0.493 e. The van der Waals surface area contributed by atoms with Crippen LogP contribution in [0.3, 0.4) is 0 Å². The van der Waals surface area contributed by atoms with Crippen molar-refractivity contribution in [2.75, 3.05) is 50.2 Å². The highest BCUT2D eigenvalue weighted by atomic mass is 35.5. The maximum Gasteiger partial charge on any atom is 0.232 e. The summed E-state index contributed by atoms with van der Waals surface area (Å²) < 4.78 is 17.5. The number of rotatable bonds is 12. The number of halogens is 1. The van der Waals surface area contributed by atoms with Crippen LogP contribution in [0, 0.1) is 0 Å². The number of benzene rings is 3. The number of carbonyl (C=O) groups is 1. The van der Waals surface area contributed by atoms with Crippen molar-refractivity contribution in [1.29, 1.82) is 0 Å². The molecule has 1 aromatic heterocycles. The first-order chi connectivity index (χ1) is 22.9. The van der Waals surface area contributed by atoms with Crippen molar-refractivity contribution >= 4 is 28.9 Å². The highest BCUT2D eigenvalue weighted by Gasteiger charge is 2.36. The Morgan fingerprint density at radius 1 is 1.00 bits per heavy atom. The van der Waals surface area contributed by atoms with Gasteiger partial charge < -0.3 is 24.4 Å². The molecular weight excluding hydrogens is 612 g/mol. The molecule has 9 heteroatoms. The number of fused-ring (bicyclic) bond motifs is 1. The van der Waals surface area contributed by atoms with Gasteiger partial charge in [-0.05, 0) is 103 Å². The number of aromatic nitrogens is 1. The molecule has 2 unspecified atom stereocenters. The van der Waals surface area contributed by atoms with Crippen molar-refractivity contribution in [3.05, 3.63) is 112 Å². The zero-order valence-electron chi connectivity index (χ0n) is 27.3. The molecule has 0 spiro atoms. The molecule has 8 nitrogen and oxygen atoms in total. The predicted octanol–water partition coefficient (Wildman–Crippen LogP) is 7.48. The second-order valence-electron chi connectivity index (χ2n) is 12.2. The first-order valence-corrected chi connectivity index (χ1v) is 16.8. The van der Waals surface area contributed by atoms with Gasteiger partial charge in [-0.1, -0.05) is 30.7 Å². The van der Waals surface area contributed by atoms with E-state index in [1.165, 1.54) is 5.56 Å². The molecule has 1 N–H and O–H groups in total. The molecule has 47 heavy (non-hydrogen) atoms. The van der Waals surface area contributed by atoms with Gasteiger partial charge in [-0.3, -0.25) is 14.7 Å². The minimum absolute atomic E-state index is 0.0102. The fraction of sp³-hybridized carbons (Fsp3) is 0.368. The van der Waals surface area contributed by atoms with E-state index < -0.39 is 0 Å². The number of ether oxygens (including phenoxy) is 3. The Bertz CT molecular complexity index is 1630.